The van der Waals surface area contributed by atoms with E-state index in [1.807, 2.05) is 30.3 Å². The average molecular weight is 849 g/mol. The minimum Gasteiger partial charge on any atom is -0.463 e. The molecule has 0 fully saturated rings. The largest absolute Gasteiger partial charge is 0.463 e. The van der Waals surface area contributed by atoms with E-state index >= 15 is 0 Å². The number of fused-ring (bicyclic) bond motifs is 8. The van der Waals surface area contributed by atoms with Crippen LogP contribution in [0.15, 0.2) is 218 Å². The van der Waals surface area contributed by atoms with Crippen molar-refractivity contribution >= 4 is 49.3 Å². The lowest BCUT2D eigenvalue weighted by Gasteiger charge is -2.20. The molecule has 1 aliphatic rings. The highest BCUT2D eigenvalue weighted by Crippen LogP contribution is 2.51. The first-order valence-electron chi connectivity index (χ1n) is 22.3. The quantitative estimate of drug-likeness (QED) is 0.160. The second-order valence-corrected chi connectivity index (χ2v) is 16.8. The van der Waals surface area contributed by atoms with Crippen molar-refractivity contribution in [3.8, 4) is 62.4 Å². The highest BCUT2D eigenvalue weighted by atomic mass is 16.5. The predicted octanol–water partition coefficient (Wildman–Crippen LogP) is 14.3. The Morgan fingerprint density at radius 2 is 0.939 bits per heavy atom. The molecule has 13 rings (SSSR count). The van der Waals surface area contributed by atoms with Gasteiger partial charge in [0.25, 0.3) is 0 Å². The summed E-state index contributed by atoms with van der Waals surface area (Å²) in [6, 6.07) is 76.5. The van der Waals surface area contributed by atoms with Crippen molar-refractivity contribution in [2.24, 2.45) is 0 Å². The van der Waals surface area contributed by atoms with E-state index in [1.165, 1.54) is 21.9 Å². The minimum absolute atomic E-state index is 0.297. The molecule has 0 N–H and O–H groups in total. The van der Waals surface area contributed by atoms with Crippen LogP contribution in [-0.4, -0.2) is 31.1 Å². The maximum absolute atomic E-state index is 7.10. The van der Waals surface area contributed by atoms with Crippen LogP contribution < -0.4 is 9.64 Å². The van der Waals surface area contributed by atoms with Gasteiger partial charge in [0.15, 0.2) is 23.6 Å². The van der Waals surface area contributed by atoms with E-state index in [2.05, 4.69) is 209 Å². The Balaban J connectivity index is 1.12. The Morgan fingerprint density at radius 3 is 1.67 bits per heavy atom. The maximum atomic E-state index is 7.10. The van der Waals surface area contributed by atoms with E-state index in [-0.39, 0.29) is 6.23 Å². The fraction of sp³-hybridized carbons (Fsp3) is 0.0339. The van der Waals surface area contributed by atoms with Gasteiger partial charge in [-0.05, 0) is 52.6 Å². The molecule has 1 aliphatic heterocycles. The van der Waals surface area contributed by atoms with Gasteiger partial charge >= 0.3 is 0 Å². The van der Waals surface area contributed by atoms with Crippen molar-refractivity contribution in [3.05, 3.63) is 224 Å². The van der Waals surface area contributed by atoms with Crippen LogP contribution in [0.2, 0.25) is 0 Å². The molecule has 0 saturated carbocycles. The highest BCUT2D eigenvalue weighted by Gasteiger charge is 2.34. The molecular formula is C59H40N6O. The fourth-order valence-electron chi connectivity index (χ4n) is 10.00. The number of benzene rings is 9. The molecule has 0 saturated heterocycles. The van der Waals surface area contributed by atoms with Crippen molar-refractivity contribution in [1.82, 2.24) is 24.1 Å². The molecule has 0 spiro atoms. The lowest BCUT2D eigenvalue weighted by molar-refractivity contribution is 0.238. The minimum atomic E-state index is -0.297. The van der Waals surface area contributed by atoms with E-state index in [0.717, 1.165) is 77.8 Å². The van der Waals surface area contributed by atoms with E-state index in [9.17, 15) is 0 Å². The normalized spacial score (nSPS) is 13.5. The van der Waals surface area contributed by atoms with Gasteiger partial charge in [-0.15, -0.1) is 0 Å². The number of para-hydroxylation sites is 2. The van der Waals surface area contributed by atoms with Crippen molar-refractivity contribution < 1.29 is 4.74 Å². The first kappa shape index (κ1) is 37.7. The molecule has 1 atom stereocenters. The van der Waals surface area contributed by atoms with Crippen LogP contribution in [0.5, 0.6) is 5.75 Å². The molecule has 3 aromatic heterocycles. The third-order valence-corrected chi connectivity index (χ3v) is 13.0. The van der Waals surface area contributed by atoms with Crippen molar-refractivity contribution in [2.45, 2.75) is 6.23 Å². The molecule has 4 heterocycles. The zero-order chi connectivity index (χ0) is 43.7. The van der Waals surface area contributed by atoms with Crippen LogP contribution in [0.3, 0.4) is 0 Å². The summed E-state index contributed by atoms with van der Waals surface area (Å²) in [5.41, 5.74) is 13.6. The van der Waals surface area contributed by atoms with Gasteiger partial charge in [0, 0.05) is 39.9 Å². The standard InChI is InChI=1S/C59H40N6O/c1-63-51-37-36-49-53(55(51)66-58(63)43-24-12-5-13-25-43)46-28-17-31-50(64-47-29-15-14-26-45(47)52-44(27-16-30-48(52)64)40-20-8-3-9-21-40)54(46)65(49)59-61-56(41-22-10-4-11-23-41)60-57(62-59)42-34-32-39(33-35-42)38-18-6-2-7-19-38/h2-37,58H,1H3. The second-order valence-electron chi connectivity index (χ2n) is 16.8. The number of hydrogen-bond donors (Lipinski definition) is 0. The Hall–Kier alpha value is -8.81. The van der Waals surface area contributed by atoms with Gasteiger partial charge in [0.2, 0.25) is 5.95 Å². The van der Waals surface area contributed by atoms with E-state index < -0.39 is 0 Å². The average Bonchev–Trinajstić information content (AvgIpc) is 4.04. The molecule has 0 aliphatic carbocycles. The lowest BCUT2D eigenvalue weighted by Crippen LogP contribution is -2.22. The van der Waals surface area contributed by atoms with Gasteiger partial charge < -0.3 is 14.2 Å². The van der Waals surface area contributed by atoms with E-state index in [4.69, 9.17) is 19.7 Å². The van der Waals surface area contributed by atoms with E-state index in [1.54, 1.807) is 0 Å². The monoisotopic (exact) mass is 848 g/mol. The van der Waals surface area contributed by atoms with Crippen LogP contribution in [0.25, 0.3) is 100 Å². The third-order valence-electron chi connectivity index (χ3n) is 13.0. The summed E-state index contributed by atoms with van der Waals surface area (Å²) >= 11 is 0. The van der Waals surface area contributed by atoms with Gasteiger partial charge in [-0.3, -0.25) is 4.57 Å². The molecule has 0 radical (unpaired) electrons. The zero-order valence-electron chi connectivity index (χ0n) is 36.0. The molecule has 66 heavy (non-hydrogen) atoms. The Bertz CT molecular complexity index is 3790. The molecule has 312 valence electrons. The molecular weight excluding hydrogens is 809 g/mol. The summed E-state index contributed by atoms with van der Waals surface area (Å²) in [6.45, 7) is 0. The third kappa shape index (κ3) is 5.94. The smallest absolute Gasteiger partial charge is 0.238 e. The number of anilines is 1. The molecule has 7 nitrogen and oxygen atoms in total. The Labute approximate surface area is 381 Å². The maximum Gasteiger partial charge on any atom is 0.238 e. The van der Waals surface area contributed by atoms with Gasteiger partial charge in [-0.2, -0.15) is 9.97 Å². The van der Waals surface area contributed by atoms with Crippen molar-refractivity contribution in [2.75, 3.05) is 11.9 Å². The molecule has 9 aromatic carbocycles. The van der Waals surface area contributed by atoms with Crippen LogP contribution in [0.4, 0.5) is 5.69 Å². The van der Waals surface area contributed by atoms with Crippen LogP contribution in [-0.2, 0) is 0 Å². The van der Waals surface area contributed by atoms with Crippen LogP contribution in [0, 0.1) is 0 Å². The van der Waals surface area contributed by atoms with Crippen LogP contribution in [0.1, 0.15) is 11.8 Å². The Morgan fingerprint density at radius 1 is 0.394 bits per heavy atom. The molecule has 12 aromatic rings. The summed E-state index contributed by atoms with van der Waals surface area (Å²) in [4.78, 5) is 18.2. The molecule has 0 bridgehead atoms. The second kappa shape index (κ2) is 15.2. The van der Waals surface area contributed by atoms with Crippen LogP contribution >= 0.6 is 0 Å². The van der Waals surface area contributed by atoms with Gasteiger partial charge in [0.1, 0.15) is 0 Å². The topological polar surface area (TPSA) is 61.0 Å². The number of ether oxygens (including phenoxy) is 1. The SMILES string of the molecule is CN1c2ccc3c(c2OC1c1ccccc1)c1cccc(-n2c4ccccc4c4c(-c5ccccc5)cccc42)c1n3-c1nc(-c2ccccc2)nc(-c2ccc(-c3ccccc3)cc2)n1. The first-order chi connectivity index (χ1) is 32.7. The highest BCUT2D eigenvalue weighted by molar-refractivity contribution is 6.19. The fourth-order valence-corrected chi connectivity index (χ4v) is 10.00. The number of nitrogens with zero attached hydrogens (tertiary/aromatic N) is 6. The molecule has 7 heteroatoms. The number of aromatic nitrogens is 5. The van der Waals surface area contributed by atoms with Crippen molar-refractivity contribution in [3.63, 3.8) is 0 Å². The van der Waals surface area contributed by atoms with Crippen molar-refractivity contribution in [1.29, 1.82) is 0 Å². The summed E-state index contributed by atoms with van der Waals surface area (Å²) < 4.78 is 11.7. The molecule has 1 unspecified atom stereocenters. The Kier molecular flexibility index (Phi) is 8.67. The molecule has 0 amide bonds. The summed E-state index contributed by atoms with van der Waals surface area (Å²) in [5.74, 6) is 2.50. The number of hydrogen-bond acceptors (Lipinski definition) is 5. The first-order valence-corrected chi connectivity index (χ1v) is 22.3. The van der Waals surface area contributed by atoms with Gasteiger partial charge in [-0.1, -0.05) is 188 Å². The number of rotatable bonds is 7. The lowest BCUT2D eigenvalue weighted by atomic mass is 9.99. The summed E-state index contributed by atoms with van der Waals surface area (Å²) in [7, 11) is 2.11. The predicted molar refractivity (Wildman–Crippen MR) is 268 cm³/mol. The zero-order valence-corrected chi connectivity index (χ0v) is 36.0. The summed E-state index contributed by atoms with van der Waals surface area (Å²) in [5, 5.41) is 4.40. The van der Waals surface area contributed by atoms with Gasteiger partial charge in [-0.25, -0.2) is 4.98 Å². The van der Waals surface area contributed by atoms with Gasteiger partial charge in [0.05, 0.1) is 38.8 Å². The van der Waals surface area contributed by atoms with E-state index in [0.29, 0.717) is 17.6 Å². The summed E-state index contributed by atoms with van der Waals surface area (Å²) in [6.07, 6.45) is -0.297.